The molecule has 1 atom stereocenters. The number of carbonyl (C=O) groups excluding carboxylic acids is 2. The number of hydrogen-bond donors (Lipinski definition) is 1. The lowest BCUT2D eigenvalue weighted by atomic mass is 9.97. The molecule has 6 heteroatoms. The molecular formula is C18H27N3O3. The zero-order valence-electron chi connectivity index (χ0n) is 14.4. The Morgan fingerprint density at radius 3 is 3.00 bits per heavy atom. The van der Waals surface area contributed by atoms with Crippen molar-refractivity contribution in [2.45, 2.75) is 39.0 Å². The Kier molecular flexibility index (Phi) is 7.68. The van der Waals surface area contributed by atoms with Gasteiger partial charge in [0.1, 0.15) is 12.4 Å². The van der Waals surface area contributed by atoms with Gasteiger partial charge in [0.15, 0.2) is 0 Å². The van der Waals surface area contributed by atoms with Crippen molar-refractivity contribution in [1.82, 2.24) is 9.88 Å². The molecule has 0 aromatic carbocycles. The smallest absolute Gasteiger partial charge is 0.248 e. The highest BCUT2D eigenvalue weighted by molar-refractivity contribution is 5.92. The van der Waals surface area contributed by atoms with Crippen LogP contribution in [-0.2, 0) is 14.3 Å². The molecule has 6 nitrogen and oxygen atoms in total. The Morgan fingerprint density at radius 1 is 1.38 bits per heavy atom. The summed E-state index contributed by atoms with van der Waals surface area (Å²) in [6.07, 6.45) is 6.51. The first-order valence-corrected chi connectivity index (χ1v) is 8.78. The highest BCUT2D eigenvalue weighted by Crippen LogP contribution is 2.18. The van der Waals surface area contributed by atoms with E-state index in [-0.39, 0.29) is 24.3 Å². The summed E-state index contributed by atoms with van der Waals surface area (Å²) < 4.78 is 5.44. The lowest BCUT2D eigenvalue weighted by Gasteiger charge is -2.32. The molecule has 0 radical (unpaired) electrons. The highest BCUT2D eigenvalue weighted by atomic mass is 16.5. The standard InChI is InChI=1S/C18H27N3O3/c1-2-3-6-12-24-14-17(22)21-11-7-8-15(13-21)18(23)20-16-9-4-5-10-19-16/h4-5,9-10,15H,2-3,6-8,11-14H2,1H3,(H,19,20,23)/t15-/m1/s1. The fourth-order valence-corrected chi connectivity index (χ4v) is 2.79. The van der Waals surface area contributed by atoms with E-state index in [2.05, 4.69) is 17.2 Å². The van der Waals surface area contributed by atoms with Gasteiger partial charge in [-0.1, -0.05) is 25.8 Å². The summed E-state index contributed by atoms with van der Waals surface area (Å²) in [5.41, 5.74) is 0. The minimum Gasteiger partial charge on any atom is -0.372 e. The Bertz CT molecular complexity index is 522. The van der Waals surface area contributed by atoms with Gasteiger partial charge in [-0.05, 0) is 31.4 Å². The number of piperidine rings is 1. The number of pyridine rings is 1. The summed E-state index contributed by atoms with van der Waals surface area (Å²) in [4.78, 5) is 30.4. The molecular weight excluding hydrogens is 306 g/mol. The second kappa shape index (κ2) is 10.0. The van der Waals surface area contributed by atoms with Crippen LogP contribution in [0.3, 0.4) is 0 Å². The van der Waals surface area contributed by atoms with Gasteiger partial charge in [-0.25, -0.2) is 4.98 Å². The van der Waals surface area contributed by atoms with Crippen LogP contribution in [0.15, 0.2) is 24.4 Å². The zero-order valence-corrected chi connectivity index (χ0v) is 14.4. The Morgan fingerprint density at radius 2 is 2.25 bits per heavy atom. The van der Waals surface area contributed by atoms with E-state index in [1.54, 1.807) is 23.2 Å². The van der Waals surface area contributed by atoms with Crippen molar-refractivity contribution in [2.75, 3.05) is 31.6 Å². The molecule has 0 saturated carbocycles. The van der Waals surface area contributed by atoms with Crippen LogP contribution >= 0.6 is 0 Å². The molecule has 0 spiro atoms. The van der Waals surface area contributed by atoms with Crippen LogP contribution in [0.1, 0.15) is 39.0 Å². The summed E-state index contributed by atoms with van der Waals surface area (Å²) in [5, 5.41) is 2.82. The molecule has 2 rings (SSSR count). The van der Waals surface area contributed by atoms with Crippen molar-refractivity contribution < 1.29 is 14.3 Å². The zero-order chi connectivity index (χ0) is 17.2. The van der Waals surface area contributed by atoms with Gasteiger partial charge in [0.2, 0.25) is 11.8 Å². The van der Waals surface area contributed by atoms with Gasteiger partial charge in [-0.2, -0.15) is 0 Å². The van der Waals surface area contributed by atoms with Crippen molar-refractivity contribution in [3.63, 3.8) is 0 Å². The summed E-state index contributed by atoms with van der Waals surface area (Å²) in [6.45, 7) is 4.02. The molecule has 1 aliphatic rings. The quantitative estimate of drug-likeness (QED) is 0.742. The van der Waals surface area contributed by atoms with Crippen LogP contribution in [0.5, 0.6) is 0 Å². The number of ether oxygens (including phenoxy) is 1. The fourth-order valence-electron chi connectivity index (χ4n) is 2.79. The molecule has 1 N–H and O–H groups in total. The number of amides is 2. The van der Waals surface area contributed by atoms with Crippen LogP contribution in [0, 0.1) is 5.92 Å². The average molecular weight is 333 g/mol. The van der Waals surface area contributed by atoms with E-state index in [4.69, 9.17) is 4.74 Å². The number of rotatable bonds is 8. The van der Waals surface area contributed by atoms with Crippen molar-refractivity contribution in [3.05, 3.63) is 24.4 Å². The van der Waals surface area contributed by atoms with Crippen molar-refractivity contribution in [1.29, 1.82) is 0 Å². The Labute approximate surface area is 143 Å². The molecule has 1 aromatic heterocycles. The van der Waals surface area contributed by atoms with E-state index in [1.165, 1.54) is 0 Å². The van der Waals surface area contributed by atoms with E-state index >= 15 is 0 Å². The van der Waals surface area contributed by atoms with Crippen LogP contribution in [0.4, 0.5) is 5.82 Å². The molecule has 2 heterocycles. The molecule has 2 amide bonds. The minimum atomic E-state index is -0.190. The van der Waals surface area contributed by atoms with Crippen LogP contribution < -0.4 is 5.32 Å². The van der Waals surface area contributed by atoms with E-state index in [9.17, 15) is 9.59 Å². The topological polar surface area (TPSA) is 71.5 Å². The lowest BCUT2D eigenvalue weighted by molar-refractivity contribution is -0.139. The normalized spacial score (nSPS) is 17.5. The second-order valence-electron chi connectivity index (χ2n) is 6.14. The van der Waals surface area contributed by atoms with E-state index in [1.807, 2.05) is 6.07 Å². The number of hydrogen-bond acceptors (Lipinski definition) is 4. The predicted molar refractivity (Wildman–Crippen MR) is 92.5 cm³/mol. The van der Waals surface area contributed by atoms with Gasteiger partial charge < -0.3 is 15.0 Å². The molecule has 0 unspecified atom stereocenters. The molecule has 1 fully saturated rings. The van der Waals surface area contributed by atoms with Crippen molar-refractivity contribution in [3.8, 4) is 0 Å². The number of nitrogens with one attached hydrogen (secondary N) is 1. The molecule has 0 aliphatic carbocycles. The maximum Gasteiger partial charge on any atom is 0.248 e. The van der Waals surface area contributed by atoms with Crippen molar-refractivity contribution in [2.24, 2.45) is 5.92 Å². The lowest BCUT2D eigenvalue weighted by Crippen LogP contribution is -2.45. The van der Waals surface area contributed by atoms with Crippen LogP contribution in [0.25, 0.3) is 0 Å². The number of unbranched alkanes of at least 4 members (excludes halogenated alkanes) is 2. The van der Waals surface area contributed by atoms with Gasteiger partial charge in [0.05, 0.1) is 5.92 Å². The Balaban J connectivity index is 1.76. The van der Waals surface area contributed by atoms with E-state index in [0.717, 1.165) is 32.1 Å². The van der Waals surface area contributed by atoms with Gasteiger partial charge in [0.25, 0.3) is 0 Å². The number of nitrogens with zero attached hydrogens (tertiary/aromatic N) is 2. The van der Waals surface area contributed by atoms with Crippen LogP contribution in [0.2, 0.25) is 0 Å². The third-order valence-electron chi connectivity index (χ3n) is 4.18. The van der Waals surface area contributed by atoms with Crippen LogP contribution in [-0.4, -0.2) is 48.0 Å². The number of carbonyl (C=O) groups is 2. The monoisotopic (exact) mass is 333 g/mol. The Hall–Kier alpha value is -1.95. The first-order valence-electron chi connectivity index (χ1n) is 8.78. The summed E-state index contributed by atoms with van der Waals surface area (Å²) in [7, 11) is 0. The first-order chi connectivity index (χ1) is 11.7. The first kappa shape index (κ1) is 18.4. The molecule has 132 valence electrons. The summed E-state index contributed by atoms with van der Waals surface area (Å²) in [6, 6.07) is 5.39. The minimum absolute atomic E-state index is 0.0261. The maximum absolute atomic E-state index is 12.3. The molecule has 1 saturated heterocycles. The largest absolute Gasteiger partial charge is 0.372 e. The highest BCUT2D eigenvalue weighted by Gasteiger charge is 2.28. The van der Waals surface area contributed by atoms with E-state index < -0.39 is 0 Å². The summed E-state index contributed by atoms with van der Waals surface area (Å²) in [5.74, 6) is 0.256. The maximum atomic E-state index is 12.3. The third kappa shape index (κ3) is 5.92. The average Bonchev–Trinajstić information content (AvgIpc) is 2.62. The fraction of sp³-hybridized carbons (Fsp3) is 0.611. The van der Waals surface area contributed by atoms with E-state index in [0.29, 0.717) is 25.5 Å². The second-order valence-corrected chi connectivity index (χ2v) is 6.14. The molecule has 24 heavy (non-hydrogen) atoms. The number of anilines is 1. The third-order valence-corrected chi connectivity index (χ3v) is 4.18. The predicted octanol–water partition coefficient (Wildman–Crippen LogP) is 2.47. The number of aromatic nitrogens is 1. The van der Waals surface area contributed by atoms with Gasteiger partial charge in [-0.15, -0.1) is 0 Å². The summed E-state index contributed by atoms with van der Waals surface area (Å²) >= 11 is 0. The molecule has 0 bridgehead atoms. The van der Waals surface area contributed by atoms with Gasteiger partial charge >= 0.3 is 0 Å². The molecule has 1 aromatic rings. The van der Waals surface area contributed by atoms with Crippen molar-refractivity contribution >= 4 is 17.6 Å². The molecule has 1 aliphatic heterocycles. The number of likely N-dealkylation sites (tertiary alicyclic amines) is 1. The SMILES string of the molecule is CCCCCOCC(=O)N1CCC[C@@H](C(=O)Nc2ccccn2)C1. The van der Waals surface area contributed by atoms with Gasteiger partial charge in [-0.3, -0.25) is 9.59 Å². The van der Waals surface area contributed by atoms with Gasteiger partial charge in [0, 0.05) is 25.9 Å².